The number of ether oxygens (including phenoxy) is 1. The van der Waals surface area contributed by atoms with Gasteiger partial charge in [-0.1, -0.05) is 31.0 Å². The van der Waals surface area contributed by atoms with Crippen LogP contribution in [0.4, 0.5) is 5.69 Å². The molecule has 8 nitrogen and oxygen atoms in total. The predicted molar refractivity (Wildman–Crippen MR) is 201 cm³/mol. The summed E-state index contributed by atoms with van der Waals surface area (Å²) in [5.74, 6) is 5.01. The SMILES string of the molecule is C=S1(=O)NC(=O)c2ccc3c(c2)N(C[C@@H]2CC[C@H]2[C@@](O)(CN2CCN(C)CC2)CCC[C@H](C)[C@H]1C)C[C@@]1(CCCc2cc(Cl)ccc21)CO3. The van der Waals surface area contributed by atoms with Crippen molar-refractivity contribution in [1.82, 2.24) is 14.5 Å². The second-order valence-corrected chi connectivity index (χ2v) is 19.0. The maximum atomic E-state index is 13.9. The maximum absolute atomic E-state index is 13.9. The Balaban J connectivity index is 1.28. The van der Waals surface area contributed by atoms with Crippen molar-refractivity contribution in [3.63, 3.8) is 0 Å². The predicted octanol–water partition coefficient (Wildman–Crippen LogP) is 5.39. The van der Waals surface area contributed by atoms with Gasteiger partial charge in [0.15, 0.2) is 0 Å². The number of fused-ring (bicyclic) bond motifs is 4. The third kappa shape index (κ3) is 6.99. The van der Waals surface area contributed by atoms with Crippen LogP contribution in [-0.4, -0.2) is 101 Å². The Bertz CT molecular complexity index is 1660. The minimum atomic E-state index is -2.93. The number of benzene rings is 2. The fourth-order valence-corrected chi connectivity index (χ4v) is 11.2. The van der Waals surface area contributed by atoms with E-state index in [2.05, 4.69) is 51.4 Å². The number of β-amino-alcohol motifs (C(OH)–C–C–N with tert-alkyl or cyclic N) is 1. The van der Waals surface area contributed by atoms with E-state index >= 15 is 0 Å². The molecule has 1 saturated heterocycles. The molecule has 268 valence electrons. The van der Waals surface area contributed by atoms with Crippen molar-refractivity contribution in [3.8, 4) is 5.75 Å². The third-order valence-corrected chi connectivity index (χ3v) is 15.3. The molecule has 1 amide bonds. The number of nitrogens with zero attached hydrogens (tertiary/aromatic N) is 3. The summed E-state index contributed by atoms with van der Waals surface area (Å²) in [6.07, 6.45) is 7.51. The summed E-state index contributed by atoms with van der Waals surface area (Å²) in [6, 6.07) is 11.9. The molecule has 2 aliphatic carbocycles. The monoisotopic (exact) mass is 710 g/mol. The zero-order valence-corrected chi connectivity index (χ0v) is 31.2. The number of amides is 1. The summed E-state index contributed by atoms with van der Waals surface area (Å²) in [5, 5.41) is 13.2. The van der Waals surface area contributed by atoms with Crippen molar-refractivity contribution < 1.29 is 18.8 Å². The van der Waals surface area contributed by atoms with E-state index in [0.717, 1.165) is 101 Å². The summed E-state index contributed by atoms with van der Waals surface area (Å²) < 4.78 is 23.5. The number of rotatable bonds is 2. The van der Waals surface area contributed by atoms with Crippen LogP contribution in [0.2, 0.25) is 5.02 Å². The van der Waals surface area contributed by atoms with E-state index in [1.54, 1.807) is 6.07 Å². The Labute approximate surface area is 298 Å². The van der Waals surface area contributed by atoms with E-state index in [1.165, 1.54) is 11.1 Å². The lowest BCUT2D eigenvalue weighted by atomic mass is 9.62. The number of piperazine rings is 1. The van der Waals surface area contributed by atoms with Crippen LogP contribution in [0.15, 0.2) is 36.4 Å². The van der Waals surface area contributed by atoms with Crippen molar-refractivity contribution in [2.24, 2.45) is 17.8 Å². The van der Waals surface area contributed by atoms with Gasteiger partial charge in [-0.2, -0.15) is 0 Å². The fraction of sp³-hybridized carbons (Fsp3) is 0.641. The minimum Gasteiger partial charge on any atom is -0.490 e. The Kier molecular flexibility index (Phi) is 9.80. The lowest BCUT2D eigenvalue weighted by Crippen LogP contribution is -2.58. The lowest BCUT2D eigenvalue weighted by molar-refractivity contribution is -0.109. The molecule has 49 heavy (non-hydrogen) atoms. The molecule has 5 aliphatic rings. The molecule has 2 N–H and O–H groups in total. The van der Waals surface area contributed by atoms with Gasteiger partial charge in [-0.05, 0) is 124 Å². The summed E-state index contributed by atoms with van der Waals surface area (Å²) in [6.45, 7) is 10.8. The van der Waals surface area contributed by atoms with Gasteiger partial charge in [0, 0.05) is 67.1 Å². The normalized spacial score (nSPS) is 36.1. The summed E-state index contributed by atoms with van der Waals surface area (Å²) in [4.78, 5) is 21.0. The Morgan fingerprint density at radius 1 is 1.06 bits per heavy atom. The van der Waals surface area contributed by atoms with E-state index in [1.807, 2.05) is 25.1 Å². The number of nitrogens with one attached hydrogen (secondary N) is 1. The Morgan fingerprint density at radius 3 is 2.61 bits per heavy atom. The topological polar surface area (TPSA) is 85.3 Å². The summed E-state index contributed by atoms with van der Waals surface area (Å²) in [7, 11) is -0.760. The highest BCUT2D eigenvalue weighted by Gasteiger charge is 2.49. The first-order chi connectivity index (χ1) is 23.4. The van der Waals surface area contributed by atoms with Crippen LogP contribution in [0.5, 0.6) is 5.75 Å². The molecule has 2 bridgehead atoms. The smallest absolute Gasteiger partial charge is 0.262 e. The second kappa shape index (κ2) is 13.7. The van der Waals surface area contributed by atoms with Crippen LogP contribution in [0.25, 0.3) is 0 Å². The van der Waals surface area contributed by atoms with Gasteiger partial charge in [0.1, 0.15) is 5.75 Å². The number of hydrogen-bond donors (Lipinski definition) is 2. The molecule has 10 heteroatoms. The van der Waals surface area contributed by atoms with Crippen LogP contribution in [0.3, 0.4) is 0 Å². The van der Waals surface area contributed by atoms with E-state index < -0.39 is 15.3 Å². The fourth-order valence-electron chi connectivity index (χ4n) is 9.46. The van der Waals surface area contributed by atoms with E-state index in [-0.39, 0.29) is 28.4 Å². The largest absolute Gasteiger partial charge is 0.490 e. The van der Waals surface area contributed by atoms with E-state index in [0.29, 0.717) is 31.1 Å². The molecular weight excluding hydrogens is 656 g/mol. The van der Waals surface area contributed by atoms with Crippen LogP contribution in [0.1, 0.15) is 80.3 Å². The molecule has 0 radical (unpaired) electrons. The minimum absolute atomic E-state index is 0.0728. The number of hydrogen-bond acceptors (Lipinski definition) is 7. The molecule has 2 aromatic rings. The first-order valence-corrected chi connectivity index (χ1v) is 20.6. The molecule has 1 saturated carbocycles. The van der Waals surface area contributed by atoms with Crippen LogP contribution >= 0.6 is 11.6 Å². The van der Waals surface area contributed by atoms with Gasteiger partial charge in [0.2, 0.25) is 0 Å². The van der Waals surface area contributed by atoms with Gasteiger partial charge in [-0.25, -0.2) is 4.21 Å². The maximum Gasteiger partial charge on any atom is 0.262 e. The first-order valence-electron chi connectivity index (χ1n) is 18.5. The van der Waals surface area contributed by atoms with Crippen molar-refractivity contribution >= 4 is 38.8 Å². The van der Waals surface area contributed by atoms with Crippen molar-refractivity contribution in [2.75, 3.05) is 64.4 Å². The van der Waals surface area contributed by atoms with Gasteiger partial charge in [-0.15, -0.1) is 0 Å². The molecule has 7 atom stereocenters. The summed E-state index contributed by atoms with van der Waals surface area (Å²) in [5.41, 5.74) is 2.90. The Hall–Kier alpha value is -2.30. The standard InChI is InChI=1S/C39H55ClN4O4S/c1-27-7-5-16-39(46,25-43-19-17-42(3)18-20-43)34-12-9-31(34)23-44-24-38(15-6-8-29-21-32(40)11-13-33(29)38)26-48-36-14-10-30(22-35(36)44)37(45)41-49(4,47)28(27)2/h10-11,13-14,21-22,27-28,31,34,46H,4-9,12,15-20,23-26H2,1-3H3,(H,41,45,47)/t27-,28+,31-,34+,38-,39-,49?/m0/s1. The number of anilines is 1. The molecule has 7 rings (SSSR count). The lowest BCUT2D eigenvalue weighted by Gasteiger charge is -2.52. The number of likely N-dealkylation sites (N-methyl/N-ethyl adjacent to an activating group) is 1. The second-order valence-electron chi connectivity index (χ2n) is 16.1. The molecule has 1 spiro atoms. The molecule has 2 fully saturated rings. The third-order valence-electron chi connectivity index (χ3n) is 12.9. The molecule has 1 unspecified atom stereocenters. The van der Waals surface area contributed by atoms with Crippen molar-refractivity contribution in [3.05, 3.63) is 58.1 Å². The quantitative estimate of drug-likeness (QED) is 0.405. The van der Waals surface area contributed by atoms with E-state index in [4.69, 9.17) is 16.3 Å². The van der Waals surface area contributed by atoms with Gasteiger partial charge in [0.25, 0.3) is 5.91 Å². The van der Waals surface area contributed by atoms with Gasteiger partial charge >= 0.3 is 0 Å². The number of aryl methyl sites for hydroxylation is 1. The van der Waals surface area contributed by atoms with Crippen molar-refractivity contribution in [2.45, 2.75) is 81.5 Å². The number of carbonyl (C=O) groups excluding carboxylic acids is 1. The molecule has 0 aromatic heterocycles. The van der Waals surface area contributed by atoms with Crippen LogP contribution in [0, 0.1) is 17.8 Å². The summed E-state index contributed by atoms with van der Waals surface area (Å²) >= 11 is 6.48. The number of aliphatic hydroxyl groups is 1. The van der Waals surface area contributed by atoms with Crippen LogP contribution in [-0.2, 0) is 21.5 Å². The van der Waals surface area contributed by atoms with Gasteiger partial charge < -0.3 is 19.6 Å². The van der Waals surface area contributed by atoms with Gasteiger partial charge in [0.05, 0.1) is 27.6 Å². The van der Waals surface area contributed by atoms with Gasteiger partial charge in [-0.3, -0.25) is 14.4 Å². The van der Waals surface area contributed by atoms with Crippen molar-refractivity contribution in [1.29, 1.82) is 0 Å². The highest BCUT2D eigenvalue weighted by molar-refractivity contribution is 7.99. The number of carbonyl (C=O) groups is 1. The highest BCUT2D eigenvalue weighted by Crippen LogP contribution is 2.49. The zero-order chi connectivity index (χ0) is 34.6. The first kappa shape index (κ1) is 35.1. The molecule has 3 heterocycles. The Morgan fingerprint density at radius 2 is 1.86 bits per heavy atom. The van der Waals surface area contributed by atoms with E-state index in [9.17, 15) is 14.1 Å². The molecular formula is C39H55ClN4O4S. The highest BCUT2D eigenvalue weighted by atomic mass is 35.5. The number of halogens is 1. The molecule has 3 aliphatic heterocycles. The van der Waals surface area contributed by atoms with Crippen LogP contribution < -0.4 is 14.4 Å². The molecule has 2 aromatic carbocycles. The average Bonchev–Trinajstić information content (AvgIpc) is 3.19. The average molecular weight is 711 g/mol. The zero-order valence-electron chi connectivity index (χ0n) is 29.6.